The van der Waals surface area contributed by atoms with E-state index in [4.69, 9.17) is 9.72 Å². The van der Waals surface area contributed by atoms with Gasteiger partial charge in [0.1, 0.15) is 12.1 Å². The van der Waals surface area contributed by atoms with Crippen molar-refractivity contribution in [1.82, 2.24) is 35.7 Å². The molecule has 1 saturated carbocycles. The van der Waals surface area contributed by atoms with Gasteiger partial charge in [0.2, 0.25) is 23.6 Å². The van der Waals surface area contributed by atoms with E-state index in [9.17, 15) is 24.0 Å². The van der Waals surface area contributed by atoms with Crippen LogP contribution in [0.5, 0.6) is 0 Å². The molecule has 5 N–H and O–H groups in total. The summed E-state index contributed by atoms with van der Waals surface area (Å²) in [4.78, 5) is 75.9. The Morgan fingerprint density at radius 1 is 1.05 bits per heavy atom. The van der Waals surface area contributed by atoms with E-state index in [0.717, 1.165) is 87.6 Å². The summed E-state index contributed by atoms with van der Waals surface area (Å²) in [7, 11) is 1.76. The highest BCUT2D eigenvalue weighted by Gasteiger charge is 2.41. The van der Waals surface area contributed by atoms with E-state index in [-0.39, 0.29) is 55.7 Å². The third kappa shape index (κ3) is 12.2. The van der Waals surface area contributed by atoms with Gasteiger partial charge in [-0.1, -0.05) is 37.5 Å². The number of thiazole rings is 1. The molecule has 15 nitrogen and oxygen atoms in total. The number of aldehydes is 1. The minimum atomic E-state index is -0.508. The highest BCUT2D eigenvalue weighted by Crippen LogP contribution is 2.40. The monoisotopic (exact) mass is 815 g/mol. The molecule has 3 aromatic rings. The zero-order chi connectivity index (χ0) is 40.7. The highest BCUT2D eigenvalue weighted by molar-refractivity contribution is 7.13. The number of nitrogens with one attached hydrogen (secondary N) is 5. The number of likely N-dealkylation sites (N-methyl/N-ethyl adjacent to an activating group) is 1. The third-order valence-electron chi connectivity index (χ3n) is 11.5. The lowest BCUT2D eigenvalue weighted by Gasteiger charge is -2.39. The molecular weight excluding hydrogens is 759 g/mol. The molecule has 1 aliphatic carbocycles. The van der Waals surface area contributed by atoms with E-state index in [1.165, 1.54) is 17.8 Å². The van der Waals surface area contributed by atoms with Crippen molar-refractivity contribution >= 4 is 57.9 Å². The van der Waals surface area contributed by atoms with Gasteiger partial charge < -0.3 is 30.9 Å². The molecule has 0 spiro atoms. The molecule has 6 rings (SSSR count). The number of amides is 4. The number of rotatable bonds is 20. The Kier molecular flexibility index (Phi) is 15.9. The van der Waals surface area contributed by atoms with Gasteiger partial charge in [0.05, 0.1) is 31.1 Å². The molecule has 1 atom stereocenters. The number of piperidine rings is 2. The van der Waals surface area contributed by atoms with Gasteiger partial charge in [0, 0.05) is 92.2 Å². The van der Waals surface area contributed by atoms with Gasteiger partial charge in [-0.3, -0.25) is 34.2 Å². The maximum atomic E-state index is 13.9. The van der Waals surface area contributed by atoms with Crippen molar-refractivity contribution in [2.24, 2.45) is 5.41 Å². The van der Waals surface area contributed by atoms with Crippen molar-refractivity contribution < 1.29 is 28.7 Å². The molecule has 16 heteroatoms. The Bertz CT molecular complexity index is 1850. The smallest absolute Gasteiger partial charge is 0.243 e. The number of imide groups is 1. The van der Waals surface area contributed by atoms with Crippen LogP contribution in [0.4, 0.5) is 16.6 Å². The van der Waals surface area contributed by atoms with E-state index >= 15 is 0 Å². The van der Waals surface area contributed by atoms with Crippen LogP contribution in [0, 0.1) is 5.41 Å². The number of benzene rings is 1. The number of nitrogens with zero attached hydrogens (tertiary/aromatic N) is 4. The summed E-state index contributed by atoms with van der Waals surface area (Å²) in [5.74, 6) is 0.0358. The van der Waals surface area contributed by atoms with Crippen LogP contribution in [0.1, 0.15) is 85.8 Å². The van der Waals surface area contributed by atoms with E-state index < -0.39 is 11.5 Å². The Morgan fingerprint density at radius 3 is 2.62 bits per heavy atom. The number of anilines is 3. The van der Waals surface area contributed by atoms with Crippen LogP contribution in [0.25, 0.3) is 0 Å². The van der Waals surface area contributed by atoms with Gasteiger partial charge >= 0.3 is 0 Å². The van der Waals surface area contributed by atoms with Crippen LogP contribution in [0.15, 0.2) is 48.0 Å². The predicted octanol–water partition coefficient (Wildman–Crippen LogP) is 4.04. The molecule has 2 aromatic heterocycles. The van der Waals surface area contributed by atoms with Crippen LogP contribution in [-0.2, 0) is 36.9 Å². The van der Waals surface area contributed by atoms with Crippen molar-refractivity contribution in [2.45, 2.75) is 89.3 Å². The first-order chi connectivity index (χ1) is 28.2. The maximum Gasteiger partial charge on any atom is 0.243 e. The summed E-state index contributed by atoms with van der Waals surface area (Å²) >= 11 is 1.53. The number of pyridine rings is 1. The second-order valence-corrected chi connectivity index (χ2v) is 16.5. The van der Waals surface area contributed by atoms with E-state index in [1.807, 2.05) is 23.6 Å². The Morgan fingerprint density at radius 2 is 1.86 bits per heavy atom. The van der Waals surface area contributed by atoms with Gasteiger partial charge in [-0.05, 0) is 57.4 Å². The zero-order valence-corrected chi connectivity index (χ0v) is 34.2. The van der Waals surface area contributed by atoms with Crippen molar-refractivity contribution in [3.63, 3.8) is 0 Å². The first-order valence-electron chi connectivity index (χ1n) is 20.6. The number of likely N-dealkylation sites (tertiary alicyclic amines) is 1. The molecule has 3 aliphatic rings. The van der Waals surface area contributed by atoms with Crippen LogP contribution >= 0.6 is 11.3 Å². The molecule has 2 aliphatic heterocycles. The fourth-order valence-electron chi connectivity index (χ4n) is 8.20. The lowest BCUT2D eigenvalue weighted by Crippen LogP contribution is -2.51. The summed E-state index contributed by atoms with van der Waals surface area (Å²) in [6.45, 7) is 5.21. The molecule has 4 amide bonds. The lowest BCUT2D eigenvalue weighted by molar-refractivity contribution is -0.137. The Balaban J connectivity index is 0.850. The largest absolute Gasteiger partial charge is 0.380 e. The number of hydrogen-bond donors (Lipinski definition) is 5. The molecule has 58 heavy (non-hydrogen) atoms. The second-order valence-electron chi connectivity index (χ2n) is 15.6. The lowest BCUT2D eigenvalue weighted by atomic mass is 9.70. The molecule has 2 saturated heterocycles. The summed E-state index contributed by atoms with van der Waals surface area (Å²) in [5.41, 5.74) is 2.04. The molecule has 0 radical (unpaired) electrons. The standard InChI is InChI=1S/C42H57N9O6S/c1-50(35-11-12-37(53)49-39(35)55)28-33-30(29-52)7-5-9-34(33)47-38(54)15-24-57-25-19-43-18-23-51-21-13-31(14-22-51)46-40(56)42(16-3-2-4-17-42)27-32-8-6-10-36(45-32)48-41-44-20-26-58-41/h5-10,20,26,29,31,35,43H,2-4,11-19,21-25,27-28H2,1H3,(H,46,56)(H,47,54)(H,44,45,48)(H,49,53,55). The van der Waals surface area contributed by atoms with Crippen molar-refractivity contribution in [3.05, 3.63) is 64.8 Å². The number of carbonyl (C=O) groups excluding carboxylic acids is 5. The maximum absolute atomic E-state index is 13.9. The minimum absolute atomic E-state index is 0.149. The summed E-state index contributed by atoms with van der Waals surface area (Å²) in [5, 5.41) is 18.1. The zero-order valence-electron chi connectivity index (χ0n) is 33.4. The fourth-order valence-corrected chi connectivity index (χ4v) is 8.73. The van der Waals surface area contributed by atoms with Crippen LogP contribution in [-0.4, -0.2) is 115 Å². The van der Waals surface area contributed by atoms with E-state index in [2.05, 4.69) is 36.5 Å². The van der Waals surface area contributed by atoms with Crippen molar-refractivity contribution in [2.75, 3.05) is 63.6 Å². The van der Waals surface area contributed by atoms with Crippen molar-refractivity contribution in [3.8, 4) is 0 Å². The average Bonchev–Trinajstić information content (AvgIpc) is 3.73. The van der Waals surface area contributed by atoms with E-state index in [1.54, 1.807) is 36.3 Å². The quantitative estimate of drug-likeness (QED) is 0.0627. The molecule has 1 aromatic carbocycles. The van der Waals surface area contributed by atoms with Crippen LogP contribution < -0.4 is 26.6 Å². The van der Waals surface area contributed by atoms with Crippen LogP contribution in [0.3, 0.4) is 0 Å². The molecule has 312 valence electrons. The molecule has 0 bridgehead atoms. The summed E-state index contributed by atoms with van der Waals surface area (Å²) in [6, 6.07) is 10.7. The normalized spacial score (nSPS) is 18.8. The predicted molar refractivity (Wildman–Crippen MR) is 223 cm³/mol. The second kappa shape index (κ2) is 21.4. The summed E-state index contributed by atoms with van der Waals surface area (Å²) < 4.78 is 5.72. The van der Waals surface area contributed by atoms with Crippen molar-refractivity contribution in [1.29, 1.82) is 0 Å². The van der Waals surface area contributed by atoms with Gasteiger partial charge in [-0.2, -0.15) is 0 Å². The first-order valence-corrected chi connectivity index (χ1v) is 21.4. The Labute approximate surface area is 344 Å². The van der Waals surface area contributed by atoms with Gasteiger partial charge in [-0.25, -0.2) is 9.97 Å². The number of aromatic nitrogens is 2. The summed E-state index contributed by atoms with van der Waals surface area (Å²) in [6.07, 6.45) is 10.8. The van der Waals surface area contributed by atoms with Crippen LogP contribution in [0.2, 0.25) is 0 Å². The number of ether oxygens (including phenoxy) is 1. The first kappa shape index (κ1) is 43.0. The molecular formula is C42H57N9O6S. The van der Waals surface area contributed by atoms with Gasteiger partial charge in [-0.15, -0.1) is 11.3 Å². The van der Waals surface area contributed by atoms with Gasteiger partial charge in [0.25, 0.3) is 0 Å². The SMILES string of the molecule is CN(Cc1c(C=O)cccc1NC(=O)CCOCCNCCN1CCC(NC(=O)C2(Cc3cccc(Nc4nccs4)n3)CCCCC2)CC1)C1CCC(=O)NC1=O. The number of carbonyl (C=O) groups is 5. The fraction of sp³-hybridized carbons (Fsp3) is 0.548. The number of hydrogen-bond acceptors (Lipinski definition) is 13. The average molecular weight is 816 g/mol. The molecule has 4 heterocycles. The van der Waals surface area contributed by atoms with E-state index in [0.29, 0.717) is 42.8 Å². The Hall–Kier alpha value is -4.61. The molecule has 1 unspecified atom stereocenters. The third-order valence-corrected chi connectivity index (χ3v) is 12.2. The highest BCUT2D eigenvalue weighted by atomic mass is 32.1. The van der Waals surface area contributed by atoms with Gasteiger partial charge in [0.15, 0.2) is 5.13 Å². The minimum Gasteiger partial charge on any atom is -0.380 e. The topological polar surface area (TPSA) is 187 Å². The molecule has 3 fully saturated rings.